The topological polar surface area (TPSA) is 74.8 Å². The van der Waals surface area contributed by atoms with Crippen LogP contribution < -0.4 is 5.84 Å². The molecular formula is C9H13N5O. The molecule has 1 rings (SSSR count). The molecule has 80 valence electrons. The van der Waals surface area contributed by atoms with Crippen LogP contribution in [-0.4, -0.2) is 41.3 Å². The van der Waals surface area contributed by atoms with Crippen molar-refractivity contribution in [2.45, 2.75) is 0 Å². The average molecular weight is 207 g/mol. The quantitative estimate of drug-likeness (QED) is 0.327. The maximum absolute atomic E-state index is 11.3. The Morgan fingerprint density at radius 3 is 2.87 bits per heavy atom. The second-order valence-electron chi connectivity index (χ2n) is 2.95. The fraction of sp³-hybridized carbons (Fsp3) is 0.222. The van der Waals surface area contributed by atoms with E-state index in [0.717, 1.165) is 15.6 Å². The predicted octanol–water partition coefficient (Wildman–Crippen LogP) is 0.273. The average Bonchev–Trinajstić information content (AvgIpc) is 2.26. The SMILES string of the molecule is CN(N)C(=O)N(C)/N=C/c1cccnc1. The number of amides is 2. The number of carbonyl (C=O) groups excluding carboxylic acids is 1. The van der Waals surface area contributed by atoms with E-state index in [1.807, 2.05) is 6.07 Å². The summed E-state index contributed by atoms with van der Waals surface area (Å²) in [6.45, 7) is 0. The molecule has 0 aliphatic rings. The van der Waals surface area contributed by atoms with Gasteiger partial charge in [-0.3, -0.25) is 9.99 Å². The summed E-state index contributed by atoms with van der Waals surface area (Å²) < 4.78 is 0. The number of hydrazone groups is 1. The summed E-state index contributed by atoms with van der Waals surface area (Å²) in [6.07, 6.45) is 4.85. The van der Waals surface area contributed by atoms with E-state index in [1.165, 1.54) is 20.3 Å². The zero-order valence-corrected chi connectivity index (χ0v) is 8.66. The molecule has 6 heteroatoms. The number of carbonyl (C=O) groups is 1. The molecule has 0 aromatic carbocycles. The maximum atomic E-state index is 11.3. The van der Waals surface area contributed by atoms with Gasteiger partial charge in [-0.2, -0.15) is 5.10 Å². The van der Waals surface area contributed by atoms with E-state index in [9.17, 15) is 4.79 Å². The van der Waals surface area contributed by atoms with E-state index in [4.69, 9.17) is 5.84 Å². The lowest BCUT2D eigenvalue weighted by molar-refractivity contribution is 0.176. The van der Waals surface area contributed by atoms with Gasteiger partial charge in [-0.1, -0.05) is 6.07 Å². The second-order valence-corrected chi connectivity index (χ2v) is 2.95. The molecule has 0 fully saturated rings. The fourth-order valence-corrected chi connectivity index (χ4v) is 0.883. The van der Waals surface area contributed by atoms with Gasteiger partial charge in [0, 0.05) is 32.1 Å². The Morgan fingerprint density at radius 2 is 2.33 bits per heavy atom. The van der Waals surface area contributed by atoms with Crippen LogP contribution in [0, 0.1) is 0 Å². The van der Waals surface area contributed by atoms with Crippen LogP contribution in [0.2, 0.25) is 0 Å². The van der Waals surface area contributed by atoms with Crippen molar-refractivity contribution in [1.29, 1.82) is 0 Å². The standard InChI is InChI=1S/C9H13N5O/c1-13(10)9(15)14(2)12-7-8-4-3-5-11-6-8/h3-7H,10H2,1-2H3/b12-7+. The smallest absolute Gasteiger partial charge is 0.264 e. The van der Waals surface area contributed by atoms with Crippen LogP contribution in [0.15, 0.2) is 29.6 Å². The number of hydrazine groups is 1. The van der Waals surface area contributed by atoms with Gasteiger partial charge >= 0.3 is 6.03 Å². The zero-order valence-electron chi connectivity index (χ0n) is 8.66. The molecule has 0 spiro atoms. The zero-order chi connectivity index (χ0) is 11.3. The molecule has 15 heavy (non-hydrogen) atoms. The van der Waals surface area contributed by atoms with E-state index >= 15 is 0 Å². The largest absolute Gasteiger partial charge is 0.353 e. The van der Waals surface area contributed by atoms with Crippen molar-refractivity contribution in [1.82, 2.24) is 15.0 Å². The van der Waals surface area contributed by atoms with Crippen molar-refractivity contribution in [3.63, 3.8) is 0 Å². The molecule has 2 amide bonds. The van der Waals surface area contributed by atoms with Crippen LogP contribution in [-0.2, 0) is 0 Å². The summed E-state index contributed by atoms with van der Waals surface area (Å²) >= 11 is 0. The highest BCUT2D eigenvalue weighted by molar-refractivity contribution is 5.81. The first-order valence-corrected chi connectivity index (χ1v) is 4.31. The van der Waals surface area contributed by atoms with Crippen molar-refractivity contribution in [3.05, 3.63) is 30.1 Å². The number of pyridine rings is 1. The van der Waals surface area contributed by atoms with Crippen LogP contribution in [0.4, 0.5) is 4.79 Å². The molecule has 0 aliphatic carbocycles. The minimum Gasteiger partial charge on any atom is -0.264 e. The molecule has 6 nitrogen and oxygen atoms in total. The number of nitrogens with two attached hydrogens (primary N) is 1. The van der Waals surface area contributed by atoms with Gasteiger partial charge in [0.05, 0.1) is 6.21 Å². The van der Waals surface area contributed by atoms with Crippen molar-refractivity contribution < 1.29 is 4.79 Å². The number of urea groups is 1. The summed E-state index contributed by atoms with van der Waals surface area (Å²) in [5, 5.41) is 6.02. The van der Waals surface area contributed by atoms with Crippen LogP contribution in [0.25, 0.3) is 0 Å². The van der Waals surface area contributed by atoms with Crippen molar-refractivity contribution >= 4 is 12.2 Å². The van der Waals surface area contributed by atoms with Crippen LogP contribution >= 0.6 is 0 Å². The highest BCUT2D eigenvalue weighted by atomic mass is 16.2. The molecular weight excluding hydrogens is 194 g/mol. The summed E-state index contributed by atoms with van der Waals surface area (Å²) in [6, 6.07) is 3.23. The van der Waals surface area contributed by atoms with Gasteiger partial charge in [0.15, 0.2) is 0 Å². The molecule has 0 unspecified atom stereocenters. The van der Waals surface area contributed by atoms with Gasteiger partial charge in [0.2, 0.25) is 0 Å². The molecule has 0 saturated heterocycles. The highest BCUT2D eigenvalue weighted by Crippen LogP contribution is 1.94. The van der Waals surface area contributed by atoms with Gasteiger partial charge in [-0.25, -0.2) is 15.6 Å². The van der Waals surface area contributed by atoms with E-state index in [2.05, 4.69) is 10.1 Å². The number of hydrogen-bond donors (Lipinski definition) is 1. The minimum atomic E-state index is -0.393. The number of nitrogens with zero attached hydrogens (tertiary/aromatic N) is 4. The second kappa shape index (κ2) is 5.06. The molecule has 1 heterocycles. The third kappa shape index (κ3) is 3.35. The molecule has 1 aromatic rings. The van der Waals surface area contributed by atoms with Gasteiger partial charge < -0.3 is 0 Å². The Morgan fingerprint density at radius 1 is 1.60 bits per heavy atom. The summed E-state index contributed by atoms with van der Waals surface area (Å²) in [7, 11) is 2.98. The van der Waals surface area contributed by atoms with E-state index in [-0.39, 0.29) is 0 Å². The molecule has 2 N–H and O–H groups in total. The minimum absolute atomic E-state index is 0.393. The van der Waals surface area contributed by atoms with Gasteiger partial charge in [0.25, 0.3) is 0 Å². The summed E-state index contributed by atoms with van der Waals surface area (Å²) in [4.78, 5) is 15.2. The summed E-state index contributed by atoms with van der Waals surface area (Å²) in [5.74, 6) is 5.26. The molecule has 0 radical (unpaired) electrons. The van der Waals surface area contributed by atoms with E-state index < -0.39 is 6.03 Å². The fourth-order valence-electron chi connectivity index (χ4n) is 0.883. The number of rotatable bonds is 2. The third-order valence-corrected chi connectivity index (χ3v) is 1.64. The lowest BCUT2D eigenvalue weighted by atomic mass is 10.3. The number of hydrogen-bond acceptors (Lipinski definition) is 4. The van der Waals surface area contributed by atoms with Crippen molar-refractivity contribution in [2.75, 3.05) is 14.1 Å². The lowest BCUT2D eigenvalue weighted by Crippen LogP contribution is -2.40. The number of aromatic nitrogens is 1. The predicted molar refractivity (Wildman–Crippen MR) is 56.9 cm³/mol. The molecule has 0 atom stereocenters. The van der Waals surface area contributed by atoms with Crippen LogP contribution in [0.1, 0.15) is 5.56 Å². The Kier molecular flexibility index (Phi) is 3.75. The Labute approximate surface area is 88.0 Å². The van der Waals surface area contributed by atoms with Gasteiger partial charge in [-0.15, -0.1) is 0 Å². The first-order valence-electron chi connectivity index (χ1n) is 4.31. The van der Waals surface area contributed by atoms with E-state index in [1.54, 1.807) is 18.5 Å². The maximum Gasteiger partial charge on any atom is 0.353 e. The lowest BCUT2D eigenvalue weighted by Gasteiger charge is -2.15. The van der Waals surface area contributed by atoms with Gasteiger partial charge in [-0.05, 0) is 6.07 Å². The Balaban J connectivity index is 2.62. The summed E-state index contributed by atoms with van der Waals surface area (Å²) in [5.41, 5.74) is 0.817. The normalized spacial score (nSPS) is 10.3. The molecule has 0 aliphatic heterocycles. The first-order chi connectivity index (χ1) is 7.11. The van der Waals surface area contributed by atoms with Gasteiger partial charge in [0.1, 0.15) is 0 Å². The first kappa shape index (κ1) is 11.1. The molecule has 1 aromatic heterocycles. The van der Waals surface area contributed by atoms with Crippen molar-refractivity contribution in [2.24, 2.45) is 10.9 Å². The molecule has 0 bridgehead atoms. The van der Waals surface area contributed by atoms with Crippen LogP contribution in [0.3, 0.4) is 0 Å². The molecule has 0 saturated carbocycles. The van der Waals surface area contributed by atoms with E-state index in [0.29, 0.717) is 0 Å². The third-order valence-electron chi connectivity index (χ3n) is 1.64. The Bertz CT molecular complexity index is 349. The monoisotopic (exact) mass is 207 g/mol. The van der Waals surface area contributed by atoms with Crippen molar-refractivity contribution in [3.8, 4) is 0 Å². The van der Waals surface area contributed by atoms with Crippen LogP contribution in [0.5, 0.6) is 0 Å². The highest BCUT2D eigenvalue weighted by Gasteiger charge is 2.08. The Hall–Kier alpha value is -1.95.